The van der Waals surface area contributed by atoms with Crippen LogP contribution in [0.4, 0.5) is 0 Å². The molecule has 1 aliphatic heterocycles. The lowest BCUT2D eigenvalue weighted by Crippen LogP contribution is -2.33. The summed E-state index contributed by atoms with van der Waals surface area (Å²) in [5.41, 5.74) is 1.25. The Morgan fingerprint density at radius 3 is 1.95 bits per heavy atom. The number of benzene rings is 2. The van der Waals surface area contributed by atoms with Gasteiger partial charge in [-0.05, 0) is 29.8 Å². The van der Waals surface area contributed by atoms with E-state index in [4.69, 9.17) is 0 Å². The van der Waals surface area contributed by atoms with E-state index < -0.39 is 17.9 Å². The predicted octanol–water partition coefficient (Wildman–Crippen LogP) is 1.72. The second-order valence-corrected chi connectivity index (χ2v) is 4.87. The van der Waals surface area contributed by atoms with Crippen molar-refractivity contribution >= 4 is 11.8 Å². The molecule has 5 heteroatoms. The molecule has 0 fully saturated rings. The van der Waals surface area contributed by atoms with Crippen LogP contribution in [-0.2, 0) is 0 Å². The highest BCUT2D eigenvalue weighted by Gasteiger charge is 2.36. The summed E-state index contributed by atoms with van der Waals surface area (Å²) in [4.78, 5) is 25.4. The van der Waals surface area contributed by atoms with Gasteiger partial charge in [-0.2, -0.15) is 0 Å². The Hall–Kier alpha value is -2.66. The van der Waals surface area contributed by atoms with Gasteiger partial charge in [-0.25, -0.2) is 0 Å². The number of imide groups is 1. The fraction of sp³-hybridized carbons (Fsp3) is 0.125. The molecule has 2 N–H and O–H groups in total. The fourth-order valence-electron chi connectivity index (χ4n) is 2.38. The maximum absolute atomic E-state index is 12.2. The molecule has 0 aromatic heterocycles. The van der Waals surface area contributed by atoms with Crippen LogP contribution in [0.1, 0.15) is 32.4 Å². The minimum absolute atomic E-state index is 0.0895. The number of rotatable bonds is 3. The van der Waals surface area contributed by atoms with Gasteiger partial charge in [0, 0.05) is 0 Å². The normalized spacial score (nSPS) is 15.2. The fourth-order valence-corrected chi connectivity index (χ4v) is 2.38. The van der Waals surface area contributed by atoms with E-state index in [-0.39, 0.29) is 12.3 Å². The average molecular weight is 283 g/mol. The second kappa shape index (κ2) is 5.03. The van der Waals surface area contributed by atoms with Crippen molar-refractivity contribution in [2.75, 3.05) is 6.54 Å². The van der Waals surface area contributed by atoms with Crippen LogP contribution in [0.3, 0.4) is 0 Å². The van der Waals surface area contributed by atoms with Gasteiger partial charge in [0.25, 0.3) is 11.8 Å². The Balaban J connectivity index is 1.82. The van der Waals surface area contributed by atoms with Gasteiger partial charge in [0.1, 0.15) is 5.75 Å². The lowest BCUT2D eigenvalue weighted by atomic mass is 10.1. The van der Waals surface area contributed by atoms with Crippen molar-refractivity contribution in [1.82, 2.24) is 4.90 Å². The number of amides is 2. The Labute approximate surface area is 121 Å². The molecule has 21 heavy (non-hydrogen) atoms. The molecule has 1 heterocycles. The first-order valence-corrected chi connectivity index (χ1v) is 6.50. The Morgan fingerprint density at radius 1 is 0.905 bits per heavy atom. The van der Waals surface area contributed by atoms with E-state index in [1.807, 2.05) is 0 Å². The van der Waals surface area contributed by atoms with Crippen molar-refractivity contribution < 1.29 is 19.8 Å². The summed E-state index contributed by atoms with van der Waals surface area (Å²) >= 11 is 0. The largest absolute Gasteiger partial charge is 0.508 e. The van der Waals surface area contributed by atoms with E-state index in [2.05, 4.69) is 0 Å². The monoisotopic (exact) mass is 283 g/mol. The minimum Gasteiger partial charge on any atom is -0.508 e. The zero-order valence-corrected chi connectivity index (χ0v) is 11.1. The number of aliphatic hydroxyl groups is 1. The van der Waals surface area contributed by atoms with Gasteiger partial charge in [0.05, 0.1) is 23.8 Å². The summed E-state index contributed by atoms with van der Waals surface area (Å²) in [5.74, 6) is -0.700. The highest BCUT2D eigenvalue weighted by molar-refractivity contribution is 6.21. The number of carbonyl (C=O) groups excluding carboxylic acids is 2. The quantitative estimate of drug-likeness (QED) is 0.841. The SMILES string of the molecule is O=C1c2ccccc2C(=O)N1CC(O)c1ccc(O)cc1. The van der Waals surface area contributed by atoms with Crippen LogP contribution in [0, 0.1) is 0 Å². The van der Waals surface area contributed by atoms with E-state index >= 15 is 0 Å². The summed E-state index contributed by atoms with van der Waals surface area (Å²) in [6, 6.07) is 12.6. The molecule has 0 saturated heterocycles. The van der Waals surface area contributed by atoms with E-state index in [9.17, 15) is 19.8 Å². The molecule has 2 amide bonds. The maximum atomic E-state index is 12.2. The zero-order valence-electron chi connectivity index (χ0n) is 11.1. The van der Waals surface area contributed by atoms with Crippen molar-refractivity contribution in [2.24, 2.45) is 0 Å². The number of fused-ring (bicyclic) bond motifs is 1. The number of hydrogen-bond donors (Lipinski definition) is 2. The number of aromatic hydroxyl groups is 1. The minimum atomic E-state index is -0.993. The van der Waals surface area contributed by atoms with E-state index in [0.29, 0.717) is 16.7 Å². The van der Waals surface area contributed by atoms with Gasteiger partial charge in [-0.15, -0.1) is 0 Å². The molecule has 3 rings (SSSR count). The van der Waals surface area contributed by atoms with Gasteiger partial charge in [-0.3, -0.25) is 14.5 Å². The summed E-state index contributed by atoms with van der Waals surface area (Å²) in [7, 11) is 0. The van der Waals surface area contributed by atoms with Crippen molar-refractivity contribution in [2.45, 2.75) is 6.10 Å². The van der Waals surface area contributed by atoms with Gasteiger partial charge >= 0.3 is 0 Å². The highest BCUT2D eigenvalue weighted by Crippen LogP contribution is 2.25. The standard InChI is InChI=1S/C16H13NO4/c18-11-7-5-10(6-8-11)14(19)9-17-15(20)12-3-1-2-4-13(12)16(17)21/h1-8,14,18-19H,9H2. The maximum Gasteiger partial charge on any atom is 0.261 e. The van der Waals surface area contributed by atoms with Crippen LogP contribution >= 0.6 is 0 Å². The van der Waals surface area contributed by atoms with Crippen molar-refractivity contribution in [3.05, 3.63) is 65.2 Å². The molecular weight excluding hydrogens is 270 g/mol. The Kier molecular flexibility index (Phi) is 3.19. The van der Waals surface area contributed by atoms with Crippen LogP contribution in [-0.4, -0.2) is 33.5 Å². The third kappa shape index (κ3) is 2.28. The number of carbonyl (C=O) groups is 2. The van der Waals surface area contributed by atoms with Gasteiger partial charge in [0.15, 0.2) is 0 Å². The number of phenolic OH excluding ortho intramolecular Hbond substituents is 1. The molecule has 5 nitrogen and oxygen atoms in total. The molecule has 2 aromatic rings. The summed E-state index contributed by atoms with van der Waals surface area (Å²) < 4.78 is 0. The van der Waals surface area contributed by atoms with Crippen molar-refractivity contribution in [1.29, 1.82) is 0 Å². The molecule has 0 aliphatic carbocycles. The summed E-state index contributed by atoms with van der Waals surface area (Å²) in [6.45, 7) is -0.114. The van der Waals surface area contributed by atoms with Gasteiger partial charge < -0.3 is 10.2 Å². The van der Waals surface area contributed by atoms with E-state index in [1.54, 1.807) is 36.4 Å². The zero-order chi connectivity index (χ0) is 15.0. The topological polar surface area (TPSA) is 77.8 Å². The third-order valence-corrected chi connectivity index (χ3v) is 3.51. The van der Waals surface area contributed by atoms with Crippen LogP contribution in [0.15, 0.2) is 48.5 Å². The van der Waals surface area contributed by atoms with E-state index in [1.165, 1.54) is 12.1 Å². The number of aliphatic hydroxyl groups excluding tert-OH is 1. The predicted molar refractivity (Wildman–Crippen MR) is 74.9 cm³/mol. The van der Waals surface area contributed by atoms with Crippen LogP contribution < -0.4 is 0 Å². The number of hydrogen-bond acceptors (Lipinski definition) is 4. The first-order valence-electron chi connectivity index (χ1n) is 6.50. The second-order valence-electron chi connectivity index (χ2n) is 4.87. The van der Waals surface area contributed by atoms with Crippen molar-refractivity contribution in [3.8, 4) is 5.75 Å². The first kappa shape index (κ1) is 13.3. The van der Waals surface area contributed by atoms with Crippen LogP contribution in [0.5, 0.6) is 5.75 Å². The molecule has 0 radical (unpaired) electrons. The molecule has 0 saturated carbocycles. The highest BCUT2D eigenvalue weighted by atomic mass is 16.3. The van der Waals surface area contributed by atoms with E-state index in [0.717, 1.165) is 4.90 Å². The third-order valence-electron chi connectivity index (χ3n) is 3.51. The molecular formula is C16H13NO4. The molecule has 106 valence electrons. The molecule has 1 aliphatic rings. The number of nitrogens with zero attached hydrogens (tertiary/aromatic N) is 1. The van der Waals surface area contributed by atoms with Crippen molar-refractivity contribution in [3.63, 3.8) is 0 Å². The molecule has 1 atom stereocenters. The molecule has 2 aromatic carbocycles. The Morgan fingerprint density at radius 2 is 1.43 bits per heavy atom. The number of phenols is 1. The van der Waals surface area contributed by atoms with Crippen LogP contribution in [0.25, 0.3) is 0 Å². The summed E-state index contributed by atoms with van der Waals surface area (Å²) in [6.07, 6.45) is -0.993. The summed E-state index contributed by atoms with van der Waals surface area (Å²) in [5, 5.41) is 19.4. The average Bonchev–Trinajstić information content (AvgIpc) is 2.73. The van der Waals surface area contributed by atoms with Gasteiger partial charge in [0.2, 0.25) is 0 Å². The lowest BCUT2D eigenvalue weighted by molar-refractivity contribution is 0.0543. The number of β-amino-alcohol motifs (C(OH)–C–C–N with tert-alkyl or cyclic N) is 1. The Bertz CT molecular complexity index is 673. The molecule has 1 unspecified atom stereocenters. The van der Waals surface area contributed by atoms with Crippen LogP contribution in [0.2, 0.25) is 0 Å². The first-order chi connectivity index (χ1) is 10.1. The molecule has 0 spiro atoms. The lowest BCUT2D eigenvalue weighted by Gasteiger charge is -2.18. The smallest absolute Gasteiger partial charge is 0.261 e. The molecule has 0 bridgehead atoms. The van der Waals surface area contributed by atoms with Gasteiger partial charge in [-0.1, -0.05) is 24.3 Å².